The molecule has 6 nitrogen and oxygen atoms in total. The highest BCUT2D eigenvalue weighted by Gasteiger charge is 2.19. The molecule has 0 spiro atoms. The van der Waals surface area contributed by atoms with Crippen LogP contribution in [-0.2, 0) is 18.3 Å². The summed E-state index contributed by atoms with van der Waals surface area (Å²) in [7, 11) is 1.72. The second-order valence-electron chi connectivity index (χ2n) is 5.08. The van der Waals surface area contributed by atoms with E-state index in [9.17, 15) is 9.59 Å². The van der Waals surface area contributed by atoms with E-state index >= 15 is 0 Å². The second-order valence-corrected chi connectivity index (χ2v) is 5.08. The molecule has 0 aliphatic rings. The standard InChI is InChI=1S/C16H20N4O2/c1-19-14(7-10-18-19)16(22)20(12-9-15(17)21)11-8-13-5-3-2-4-6-13/h2-7,10H,8-9,11-12H2,1H3,(H2,17,21). The quantitative estimate of drug-likeness (QED) is 0.827. The molecule has 6 heteroatoms. The minimum absolute atomic E-state index is 0.141. The first kappa shape index (κ1) is 15.8. The first-order chi connectivity index (χ1) is 10.6. The summed E-state index contributed by atoms with van der Waals surface area (Å²) in [4.78, 5) is 25.2. The Morgan fingerprint density at radius 2 is 1.91 bits per heavy atom. The van der Waals surface area contributed by atoms with E-state index in [1.807, 2.05) is 30.3 Å². The smallest absolute Gasteiger partial charge is 0.272 e. The van der Waals surface area contributed by atoms with Crippen molar-refractivity contribution in [3.8, 4) is 0 Å². The summed E-state index contributed by atoms with van der Waals surface area (Å²) in [6.07, 6.45) is 2.46. The Balaban J connectivity index is 2.07. The number of benzene rings is 1. The first-order valence-electron chi connectivity index (χ1n) is 7.17. The number of carbonyl (C=O) groups excluding carboxylic acids is 2. The van der Waals surface area contributed by atoms with Gasteiger partial charge in [0, 0.05) is 32.8 Å². The lowest BCUT2D eigenvalue weighted by molar-refractivity contribution is -0.118. The highest BCUT2D eigenvalue weighted by molar-refractivity contribution is 5.92. The number of hydrogen-bond acceptors (Lipinski definition) is 3. The third-order valence-electron chi connectivity index (χ3n) is 3.47. The molecule has 0 unspecified atom stereocenters. The van der Waals surface area contributed by atoms with Crippen molar-refractivity contribution >= 4 is 11.8 Å². The van der Waals surface area contributed by atoms with Gasteiger partial charge in [-0.2, -0.15) is 5.10 Å². The summed E-state index contributed by atoms with van der Waals surface area (Å²) in [5.74, 6) is -0.556. The molecule has 22 heavy (non-hydrogen) atoms. The van der Waals surface area contributed by atoms with Gasteiger partial charge in [0.1, 0.15) is 5.69 Å². The predicted octanol–water partition coefficient (Wildman–Crippen LogP) is 0.980. The van der Waals surface area contributed by atoms with Crippen LogP contribution in [0.1, 0.15) is 22.5 Å². The zero-order chi connectivity index (χ0) is 15.9. The number of aromatic nitrogens is 2. The molecule has 0 saturated carbocycles. The third kappa shape index (κ3) is 4.18. The Hall–Kier alpha value is -2.63. The number of carbonyl (C=O) groups is 2. The predicted molar refractivity (Wildman–Crippen MR) is 83.1 cm³/mol. The summed E-state index contributed by atoms with van der Waals surface area (Å²) in [5, 5.41) is 4.01. The Bertz CT molecular complexity index is 637. The molecule has 0 bridgehead atoms. The van der Waals surface area contributed by atoms with Crippen LogP contribution in [0.2, 0.25) is 0 Å². The van der Waals surface area contributed by atoms with Gasteiger partial charge in [0.25, 0.3) is 5.91 Å². The van der Waals surface area contributed by atoms with Crippen molar-refractivity contribution < 1.29 is 9.59 Å². The molecule has 1 aromatic heterocycles. The number of aryl methyl sites for hydroxylation is 1. The van der Waals surface area contributed by atoms with Gasteiger partial charge in [0.05, 0.1) is 0 Å². The molecule has 2 amide bonds. The van der Waals surface area contributed by atoms with Gasteiger partial charge in [0.15, 0.2) is 0 Å². The van der Waals surface area contributed by atoms with Crippen LogP contribution >= 0.6 is 0 Å². The number of nitrogens with two attached hydrogens (primary N) is 1. The van der Waals surface area contributed by atoms with Crippen molar-refractivity contribution in [2.75, 3.05) is 13.1 Å². The molecule has 0 radical (unpaired) electrons. The largest absolute Gasteiger partial charge is 0.370 e. The normalized spacial score (nSPS) is 10.4. The number of rotatable bonds is 7. The number of nitrogens with zero attached hydrogens (tertiary/aromatic N) is 3. The zero-order valence-electron chi connectivity index (χ0n) is 12.6. The van der Waals surface area contributed by atoms with Crippen molar-refractivity contribution in [3.63, 3.8) is 0 Å². The molecule has 1 heterocycles. The highest BCUT2D eigenvalue weighted by Crippen LogP contribution is 2.07. The molecule has 1 aromatic carbocycles. The van der Waals surface area contributed by atoms with Crippen LogP contribution in [0.15, 0.2) is 42.6 Å². The number of amides is 2. The maximum atomic E-state index is 12.6. The van der Waals surface area contributed by atoms with E-state index in [0.29, 0.717) is 18.8 Å². The lowest BCUT2D eigenvalue weighted by Crippen LogP contribution is -2.36. The molecule has 0 aliphatic carbocycles. The minimum Gasteiger partial charge on any atom is -0.370 e. The lowest BCUT2D eigenvalue weighted by Gasteiger charge is -2.22. The Kier molecular flexibility index (Phi) is 5.30. The fourth-order valence-corrected chi connectivity index (χ4v) is 2.21. The van der Waals surface area contributed by atoms with Gasteiger partial charge in [-0.1, -0.05) is 30.3 Å². The van der Waals surface area contributed by atoms with Crippen LogP contribution in [0, 0.1) is 0 Å². The van der Waals surface area contributed by atoms with Gasteiger partial charge in [-0.25, -0.2) is 0 Å². The monoisotopic (exact) mass is 300 g/mol. The van der Waals surface area contributed by atoms with E-state index in [2.05, 4.69) is 5.10 Å². The molecule has 0 fully saturated rings. The molecular formula is C16H20N4O2. The van der Waals surface area contributed by atoms with E-state index in [1.54, 1.807) is 24.2 Å². The summed E-state index contributed by atoms with van der Waals surface area (Å²) < 4.78 is 1.53. The summed E-state index contributed by atoms with van der Waals surface area (Å²) in [6, 6.07) is 11.6. The Morgan fingerprint density at radius 1 is 1.18 bits per heavy atom. The molecule has 2 aromatic rings. The summed E-state index contributed by atoms with van der Waals surface area (Å²) in [6.45, 7) is 0.841. The van der Waals surface area contributed by atoms with E-state index in [1.165, 1.54) is 4.68 Å². The molecular weight excluding hydrogens is 280 g/mol. The van der Waals surface area contributed by atoms with E-state index in [-0.39, 0.29) is 12.3 Å². The van der Waals surface area contributed by atoms with Crippen molar-refractivity contribution in [2.45, 2.75) is 12.8 Å². The second kappa shape index (κ2) is 7.40. The van der Waals surface area contributed by atoms with Gasteiger partial charge in [-0.3, -0.25) is 14.3 Å². The third-order valence-corrected chi connectivity index (χ3v) is 3.47. The molecule has 116 valence electrons. The molecule has 0 atom stereocenters. The molecule has 0 saturated heterocycles. The first-order valence-corrected chi connectivity index (χ1v) is 7.17. The molecule has 2 rings (SSSR count). The van der Waals surface area contributed by atoms with Crippen LogP contribution in [0.25, 0.3) is 0 Å². The number of primary amides is 1. The highest BCUT2D eigenvalue weighted by atomic mass is 16.2. The van der Waals surface area contributed by atoms with Crippen LogP contribution in [0.5, 0.6) is 0 Å². The van der Waals surface area contributed by atoms with Crippen molar-refractivity contribution in [1.82, 2.24) is 14.7 Å². The summed E-state index contributed by atoms with van der Waals surface area (Å²) in [5.41, 5.74) is 6.84. The SMILES string of the molecule is Cn1nccc1C(=O)N(CCC(N)=O)CCc1ccccc1. The van der Waals surface area contributed by atoms with Gasteiger partial charge in [-0.15, -0.1) is 0 Å². The Morgan fingerprint density at radius 3 is 2.50 bits per heavy atom. The fraction of sp³-hybridized carbons (Fsp3) is 0.312. The molecule has 0 aliphatic heterocycles. The average molecular weight is 300 g/mol. The fourth-order valence-electron chi connectivity index (χ4n) is 2.21. The number of hydrogen-bond donors (Lipinski definition) is 1. The van der Waals surface area contributed by atoms with Crippen molar-refractivity contribution in [2.24, 2.45) is 12.8 Å². The van der Waals surface area contributed by atoms with Crippen LogP contribution in [-0.4, -0.2) is 39.6 Å². The topological polar surface area (TPSA) is 81.2 Å². The maximum Gasteiger partial charge on any atom is 0.272 e. The van der Waals surface area contributed by atoms with E-state index in [0.717, 1.165) is 12.0 Å². The van der Waals surface area contributed by atoms with Gasteiger partial charge in [0.2, 0.25) is 5.91 Å². The Labute approximate surface area is 129 Å². The van der Waals surface area contributed by atoms with Crippen LogP contribution < -0.4 is 5.73 Å². The lowest BCUT2D eigenvalue weighted by atomic mass is 10.1. The maximum absolute atomic E-state index is 12.6. The van der Waals surface area contributed by atoms with Crippen molar-refractivity contribution in [1.29, 1.82) is 0 Å². The van der Waals surface area contributed by atoms with Crippen LogP contribution in [0.3, 0.4) is 0 Å². The van der Waals surface area contributed by atoms with Gasteiger partial charge in [-0.05, 0) is 18.1 Å². The zero-order valence-corrected chi connectivity index (χ0v) is 12.6. The van der Waals surface area contributed by atoms with Crippen LogP contribution in [0.4, 0.5) is 0 Å². The van der Waals surface area contributed by atoms with E-state index in [4.69, 9.17) is 5.73 Å². The van der Waals surface area contributed by atoms with Crippen molar-refractivity contribution in [3.05, 3.63) is 53.9 Å². The van der Waals surface area contributed by atoms with Gasteiger partial charge < -0.3 is 10.6 Å². The summed E-state index contributed by atoms with van der Waals surface area (Å²) >= 11 is 0. The van der Waals surface area contributed by atoms with E-state index < -0.39 is 5.91 Å². The minimum atomic E-state index is -0.414. The average Bonchev–Trinajstić information content (AvgIpc) is 2.93. The molecule has 2 N–H and O–H groups in total. The van der Waals surface area contributed by atoms with Gasteiger partial charge >= 0.3 is 0 Å².